The molecule has 62 valence electrons. The SMILES string of the molecule is [C].c1cc(-c2ccnnn2)nnn1. The number of aromatic nitrogens is 6. The molecule has 6 heteroatoms. The summed E-state index contributed by atoms with van der Waals surface area (Å²) >= 11 is 0. The average molecular weight is 172 g/mol. The Balaban J connectivity index is 0.000000845. The Morgan fingerprint density at radius 2 is 1.23 bits per heavy atom. The van der Waals surface area contributed by atoms with E-state index in [0.717, 1.165) is 0 Å². The maximum atomic E-state index is 3.76. The predicted octanol–water partition coefficient (Wildman–Crippen LogP) is -0.195. The molecule has 0 aromatic carbocycles. The van der Waals surface area contributed by atoms with Gasteiger partial charge in [-0.3, -0.25) is 0 Å². The van der Waals surface area contributed by atoms with Crippen molar-refractivity contribution in [1.82, 2.24) is 30.8 Å². The summed E-state index contributed by atoms with van der Waals surface area (Å²) in [5, 5.41) is 21.6. The normalized spacial score (nSPS) is 8.92. The molecule has 0 N–H and O–H groups in total. The molecule has 0 fully saturated rings. The second kappa shape index (κ2) is 4.15. The van der Waals surface area contributed by atoms with Crippen molar-refractivity contribution in [2.45, 2.75) is 0 Å². The van der Waals surface area contributed by atoms with E-state index in [0.29, 0.717) is 11.4 Å². The molecule has 0 aliphatic rings. The van der Waals surface area contributed by atoms with E-state index >= 15 is 0 Å². The lowest BCUT2D eigenvalue weighted by atomic mass is 10.3. The summed E-state index contributed by atoms with van der Waals surface area (Å²) < 4.78 is 0. The Labute approximate surface area is 75.1 Å². The minimum absolute atomic E-state index is 0. The molecule has 2 heterocycles. The van der Waals surface area contributed by atoms with Crippen LogP contribution in [-0.2, 0) is 0 Å². The van der Waals surface area contributed by atoms with E-state index in [1.165, 1.54) is 0 Å². The van der Waals surface area contributed by atoms with E-state index in [9.17, 15) is 0 Å². The fourth-order valence-corrected chi connectivity index (χ4v) is 0.755. The third-order valence-electron chi connectivity index (χ3n) is 1.27. The van der Waals surface area contributed by atoms with Crippen LogP contribution >= 0.6 is 0 Å². The van der Waals surface area contributed by atoms with Crippen LogP contribution in [0.25, 0.3) is 11.4 Å². The summed E-state index contributed by atoms with van der Waals surface area (Å²) in [6, 6.07) is 3.41. The van der Waals surface area contributed by atoms with Crippen LogP contribution in [0.4, 0.5) is 0 Å². The predicted molar refractivity (Wildman–Crippen MR) is 41.9 cm³/mol. The molecule has 6 nitrogen and oxygen atoms in total. The van der Waals surface area contributed by atoms with Crippen LogP contribution in [0.3, 0.4) is 0 Å². The van der Waals surface area contributed by atoms with Gasteiger partial charge < -0.3 is 0 Å². The van der Waals surface area contributed by atoms with Crippen LogP contribution < -0.4 is 0 Å². The van der Waals surface area contributed by atoms with Crippen LogP contribution in [-0.4, -0.2) is 30.8 Å². The van der Waals surface area contributed by atoms with Crippen molar-refractivity contribution in [2.75, 3.05) is 0 Å². The number of hydrogen-bond acceptors (Lipinski definition) is 6. The molecule has 0 unspecified atom stereocenters. The minimum atomic E-state index is 0. The first-order valence-corrected chi connectivity index (χ1v) is 3.26. The summed E-state index contributed by atoms with van der Waals surface area (Å²) in [4.78, 5) is 0. The lowest BCUT2D eigenvalue weighted by Crippen LogP contribution is -1.93. The fourth-order valence-electron chi connectivity index (χ4n) is 0.755. The summed E-state index contributed by atoms with van der Waals surface area (Å²) in [5.41, 5.74) is 1.28. The molecule has 2 aromatic rings. The molecule has 0 atom stereocenters. The van der Waals surface area contributed by atoms with Crippen LogP contribution in [0.1, 0.15) is 0 Å². The van der Waals surface area contributed by atoms with E-state index in [1.807, 2.05) is 0 Å². The molecular weight excluding hydrogens is 168 g/mol. The lowest BCUT2D eigenvalue weighted by Gasteiger charge is -1.92. The van der Waals surface area contributed by atoms with Gasteiger partial charge in [-0.15, -0.1) is 20.4 Å². The van der Waals surface area contributed by atoms with Crippen molar-refractivity contribution in [1.29, 1.82) is 0 Å². The number of hydrogen-bond donors (Lipinski definition) is 0. The molecule has 0 saturated heterocycles. The highest BCUT2D eigenvalue weighted by Crippen LogP contribution is 2.07. The maximum Gasteiger partial charge on any atom is 0.117 e. The van der Waals surface area contributed by atoms with Gasteiger partial charge in [0.15, 0.2) is 0 Å². The second-order valence-corrected chi connectivity index (χ2v) is 2.01. The Bertz CT molecular complexity index is 310. The molecule has 2 rings (SSSR count). The Kier molecular flexibility index (Phi) is 2.91. The zero-order chi connectivity index (χ0) is 8.23. The van der Waals surface area contributed by atoms with Gasteiger partial charge in [-0.2, -0.15) is 0 Å². The quantitative estimate of drug-likeness (QED) is 0.593. The fraction of sp³-hybridized carbons (Fsp3) is 0. The molecule has 0 aliphatic heterocycles. The monoisotopic (exact) mass is 172 g/mol. The molecule has 0 saturated carbocycles. The molecule has 2 aromatic heterocycles. The van der Waals surface area contributed by atoms with Gasteiger partial charge in [-0.25, -0.2) is 0 Å². The summed E-state index contributed by atoms with van der Waals surface area (Å²) in [7, 11) is 0. The first-order chi connectivity index (χ1) is 5.97. The van der Waals surface area contributed by atoms with E-state index in [-0.39, 0.29) is 7.43 Å². The summed E-state index contributed by atoms with van der Waals surface area (Å²) in [6.45, 7) is 0. The first kappa shape index (κ1) is 9.11. The molecule has 0 spiro atoms. The van der Waals surface area contributed by atoms with Crippen molar-refractivity contribution in [3.8, 4) is 11.4 Å². The van der Waals surface area contributed by atoms with E-state index in [1.54, 1.807) is 24.5 Å². The van der Waals surface area contributed by atoms with Crippen molar-refractivity contribution in [3.05, 3.63) is 32.0 Å². The van der Waals surface area contributed by atoms with E-state index in [4.69, 9.17) is 0 Å². The van der Waals surface area contributed by atoms with E-state index in [2.05, 4.69) is 30.8 Å². The molecule has 0 aliphatic carbocycles. The topological polar surface area (TPSA) is 77.3 Å². The van der Waals surface area contributed by atoms with Gasteiger partial charge in [-0.05, 0) is 22.6 Å². The van der Waals surface area contributed by atoms with E-state index < -0.39 is 0 Å². The highest BCUT2D eigenvalue weighted by Gasteiger charge is 1.98. The molecule has 0 amide bonds. The Morgan fingerprint density at radius 1 is 0.769 bits per heavy atom. The third-order valence-corrected chi connectivity index (χ3v) is 1.27. The number of nitrogens with zero attached hydrogens (tertiary/aromatic N) is 6. The maximum absolute atomic E-state index is 3.76. The van der Waals surface area contributed by atoms with Crippen molar-refractivity contribution < 1.29 is 0 Å². The van der Waals surface area contributed by atoms with Gasteiger partial charge >= 0.3 is 0 Å². The van der Waals surface area contributed by atoms with Gasteiger partial charge in [0, 0.05) is 7.43 Å². The van der Waals surface area contributed by atoms with Crippen LogP contribution in [0, 0.1) is 7.43 Å². The summed E-state index contributed by atoms with van der Waals surface area (Å²) in [6.07, 6.45) is 3.09. The largest absolute Gasteiger partial charge is 0.139 e. The first-order valence-electron chi connectivity index (χ1n) is 3.26. The summed E-state index contributed by atoms with van der Waals surface area (Å²) in [5.74, 6) is 0. The molecule has 0 bridgehead atoms. The van der Waals surface area contributed by atoms with Gasteiger partial charge in [0.05, 0.1) is 12.4 Å². The number of rotatable bonds is 1. The van der Waals surface area contributed by atoms with Gasteiger partial charge in [0.25, 0.3) is 0 Å². The van der Waals surface area contributed by atoms with Crippen molar-refractivity contribution in [3.63, 3.8) is 0 Å². The Morgan fingerprint density at radius 3 is 1.54 bits per heavy atom. The highest BCUT2D eigenvalue weighted by atomic mass is 15.3. The van der Waals surface area contributed by atoms with Gasteiger partial charge in [0.1, 0.15) is 11.4 Å². The standard InChI is InChI=1S/C6H4N6.C/c1-3-7-11-9-5(1)6-2-4-8-12-10-6;/h1-4H;. The van der Waals surface area contributed by atoms with Crippen LogP contribution in [0.15, 0.2) is 24.5 Å². The molecule has 4 radical (unpaired) electrons. The van der Waals surface area contributed by atoms with Crippen LogP contribution in [0.2, 0.25) is 0 Å². The second-order valence-electron chi connectivity index (χ2n) is 2.01. The van der Waals surface area contributed by atoms with Gasteiger partial charge in [-0.1, -0.05) is 0 Å². The highest BCUT2D eigenvalue weighted by molar-refractivity contribution is 5.50. The van der Waals surface area contributed by atoms with Crippen LogP contribution in [0.5, 0.6) is 0 Å². The van der Waals surface area contributed by atoms with Crippen molar-refractivity contribution in [2.24, 2.45) is 0 Å². The smallest absolute Gasteiger partial charge is 0.117 e. The Hall–Kier alpha value is -1.98. The molecular formula is C7H4N6. The van der Waals surface area contributed by atoms with Gasteiger partial charge in [0.2, 0.25) is 0 Å². The minimum Gasteiger partial charge on any atom is -0.139 e. The third kappa shape index (κ3) is 1.98. The lowest BCUT2D eigenvalue weighted by molar-refractivity contribution is 0.840. The zero-order valence-electron chi connectivity index (χ0n) is 6.49. The zero-order valence-corrected chi connectivity index (χ0v) is 6.49. The molecule has 13 heavy (non-hydrogen) atoms. The average Bonchev–Trinajstić information content (AvgIpc) is 2.21. The van der Waals surface area contributed by atoms with Crippen molar-refractivity contribution >= 4 is 0 Å².